The minimum Gasteiger partial charge on any atom is -0.410 e. The first kappa shape index (κ1) is 35.5. The molecule has 0 aliphatic carbocycles. The number of benzene rings is 2. The van der Waals surface area contributed by atoms with Crippen LogP contribution in [-0.4, -0.2) is 58.6 Å². The van der Waals surface area contributed by atoms with Crippen molar-refractivity contribution in [3.8, 4) is 0 Å². The lowest BCUT2D eigenvalue weighted by Crippen LogP contribution is -2.66. The Morgan fingerprint density at radius 2 is 1.36 bits per heavy atom. The van der Waals surface area contributed by atoms with Gasteiger partial charge in [-0.05, 0) is 58.2 Å². The molecule has 4 rings (SSSR count). The molecule has 0 unspecified atom stereocenters. The normalized spacial score (nSPS) is 25.0. The van der Waals surface area contributed by atoms with Gasteiger partial charge in [-0.3, -0.25) is 0 Å². The maximum atomic E-state index is 9.95. The Balaban J connectivity index is 1.60. The van der Waals surface area contributed by atoms with E-state index in [-0.39, 0.29) is 29.5 Å². The van der Waals surface area contributed by atoms with Gasteiger partial charge in [0.05, 0.1) is 18.3 Å². The molecule has 0 aromatic heterocycles. The lowest BCUT2D eigenvalue weighted by atomic mass is 9.96. The third-order valence-corrected chi connectivity index (χ3v) is 21.5. The first-order chi connectivity index (χ1) is 20.7. The van der Waals surface area contributed by atoms with E-state index in [0.29, 0.717) is 23.2 Å². The van der Waals surface area contributed by atoms with Crippen LogP contribution in [0.1, 0.15) is 101 Å². The molecule has 0 radical (unpaired) electrons. The van der Waals surface area contributed by atoms with E-state index in [1.165, 1.54) is 10.4 Å². The van der Waals surface area contributed by atoms with Crippen molar-refractivity contribution in [1.29, 1.82) is 0 Å². The highest BCUT2D eigenvalue weighted by Gasteiger charge is 2.67. The molecular formula is C37H60O5Si2. The number of hydrogen-bond acceptors (Lipinski definition) is 5. The van der Waals surface area contributed by atoms with Crippen LogP contribution in [0.25, 0.3) is 0 Å². The summed E-state index contributed by atoms with van der Waals surface area (Å²) in [7, 11) is -4.75. The topological polar surface area (TPSA) is 60.5 Å². The predicted molar refractivity (Wildman–Crippen MR) is 187 cm³/mol. The molecule has 0 spiro atoms. The molecule has 246 valence electrons. The van der Waals surface area contributed by atoms with Crippen LogP contribution in [0.5, 0.6) is 0 Å². The first-order valence-electron chi connectivity index (χ1n) is 17.2. The molecule has 2 fully saturated rings. The number of epoxide rings is 1. The smallest absolute Gasteiger partial charge is 0.261 e. The highest BCUT2D eigenvalue weighted by Crippen LogP contribution is 2.54. The SMILES string of the molecule is CC(C)[Si](O[C@@H]1C[C@@H](CCO[Si](c2ccccc2)(c2ccccc2)C(C)(C)C)O[C@@]2(CCC[C@@H](C)O)O[C@@H]12)(C(C)C)C(C)C. The second-order valence-corrected chi connectivity index (χ2v) is 25.1. The van der Waals surface area contributed by atoms with Gasteiger partial charge in [0.25, 0.3) is 8.32 Å². The Morgan fingerprint density at radius 3 is 1.82 bits per heavy atom. The van der Waals surface area contributed by atoms with Crippen molar-refractivity contribution < 1.29 is 23.4 Å². The molecule has 2 saturated heterocycles. The van der Waals surface area contributed by atoms with Gasteiger partial charge in [-0.15, -0.1) is 0 Å². The molecule has 7 heteroatoms. The fraction of sp³-hybridized carbons (Fsp3) is 0.676. The lowest BCUT2D eigenvalue weighted by molar-refractivity contribution is -0.125. The zero-order valence-electron chi connectivity index (χ0n) is 29.1. The number of ether oxygens (including phenoxy) is 2. The molecule has 0 bridgehead atoms. The van der Waals surface area contributed by atoms with Crippen LogP contribution in [0, 0.1) is 0 Å². The predicted octanol–water partition coefficient (Wildman–Crippen LogP) is 7.95. The van der Waals surface area contributed by atoms with Crippen molar-refractivity contribution in [3.63, 3.8) is 0 Å². The summed E-state index contributed by atoms with van der Waals surface area (Å²) >= 11 is 0. The van der Waals surface area contributed by atoms with E-state index < -0.39 is 22.4 Å². The van der Waals surface area contributed by atoms with E-state index in [9.17, 15) is 5.11 Å². The van der Waals surface area contributed by atoms with Crippen molar-refractivity contribution in [3.05, 3.63) is 60.7 Å². The second-order valence-electron chi connectivity index (χ2n) is 15.3. The fourth-order valence-corrected chi connectivity index (χ4v) is 18.5. The van der Waals surface area contributed by atoms with Crippen LogP contribution in [0.2, 0.25) is 21.7 Å². The molecule has 2 aromatic rings. The molecule has 5 atom stereocenters. The number of aliphatic hydroxyl groups is 1. The van der Waals surface area contributed by atoms with E-state index in [0.717, 1.165) is 32.1 Å². The monoisotopic (exact) mass is 640 g/mol. The van der Waals surface area contributed by atoms with Crippen LogP contribution < -0.4 is 10.4 Å². The van der Waals surface area contributed by atoms with Crippen molar-refractivity contribution in [2.45, 2.75) is 153 Å². The third kappa shape index (κ3) is 7.14. The summed E-state index contributed by atoms with van der Waals surface area (Å²) in [5.74, 6) is -0.606. The summed E-state index contributed by atoms with van der Waals surface area (Å²) in [4.78, 5) is 0. The van der Waals surface area contributed by atoms with E-state index >= 15 is 0 Å². The minimum atomic E-state index is -2.63. The maximum Gasteiger partial charge on any atom is 0.261 e. The summed E-state index contributed by atoms with van der Waals surface area (Å²) in [5.41, 5.74) is 1.52. The van der Waals surface area contributed by atoms with Crippen LogP contribution in [-0.2, 0) is 18.3 Å². The molecule has 1 N–H and O–H groups in total. The average Bonchev–Trinajstić information content (AvgIpc) is 3.68. The Hall–Kier alpha value is -1.33. The van der Waals surface area contributed by atoms with Gasteiger partial charge in [0.1, 0.15) is 6.10 Å². The molecule has 0 saturated carbocycles. The Kier molecular flexibility index (Phi) is 11.5. The summed E-state index contributed by atoms with van der Waals surface area (Å²) in [6, 6.07) is 21.7. The number of hydrogen-bond donors (Lipinski definition) is 1. The third-order valence-electron chi connectivity index (χ3n) is 10.3. The van der Waals surface area contributed by atoms with Crippen LogP contribution in [0.4, 0.5) is 0 Å². The van der Waals surface area contributed by atoms with Crippen molar-refractivity contribution in [2.24, 2.45) is 0 Å². The summed E-state index contributed by atoms with van der Waals surface area (Å²) in [6.07, 6.45) is 3.67. The molecule has 2 aliphatic heterocycles. The molecule has 44 heavy (non-hydrogen) atoms. The molecule has 2 heterocycles. The van der Waals surface area contributed by atoms with E-state index in [4.69, 9.17) is 18.3 Å². The van der Waals surface area contributed by atoms with E-state index in [1.54, 1.807) is 0 Å². The van der Waals surface area contributed by atoms with E-state index in [1.807, 2.05) is 6.92 Å². The quantitative estimate of drug-likeness (QED) is 0.158. The fourth-order valence-electron chi connectivity index (χ4n) is 8.31. The summed E-state index contributed by atoms with van der Waals surface area (Å²) in [5, 5.41) is 12.5. The van der Waals surface area contributed by atoms with Gasteiger partial charge < -0.3 is 23.4 Å². The van der Waals surface area contributed by atoms with Gasteiger partial charge in [-0.2, -0.15) is 0 Å². The number of rotatable bonds is 15. The molecule has 2 aliphatic rings. The van der Waals surface area contributed by atoms with Crippen LogP contribution in [0.3, 0.4) is 0 Å². The number of fused-ring (bicyclic) bond motifs is 1. The van der Waals surface area contributed by atoms with Gasteiger partial charge in [0, 0.05) is 19.4 Å². The zero-order valence-corrected chi connectivity index (χ0v) is 31.1. The molecule has 0 amide bonds. The van der Waals surface area contributed by atoms with Crippen LogP contribution in [0.15, 0.2) is 60.7 Å². The molecule has 2 aromatic carbocycles. The average molecular weight is 641 g/mol. The number of aliphatic hydroxyl groups excluding tert-OH is 1. The Morgan fingerprint density at radius 1 is 0.841 bits per heavy atom. The highest BCUT2D eigenvalue weighted by molar-refractivity contribution is 6.99. The van der Waals surface area contributed by atoms with Gasteiger partial charge >= 0.3 is 0 Å². The maximum absolute atomic E-state index is 9.95. The first-order valence-corrected chi connectivity index (χ1v) is 21.2. The standard InChI is InChI=1S/C37H60O5Si2/c1-27(2)43(28(3)4,29(5)6)42-34-26-31(40-37(35(34)41-37)24-17-18-30(7)38)23-25-39-44(36(8,9)10,32-19-13-11-14-20-32)33-21-15-12-16-22-33/h11-16,19-22,27-31,34-35,38H,17-18,23-26H2,1-10H3/t30-,31-,34-,35+,37+/m1/s1. The summed E-state index contributed by atoms with van der Waals surface area (Å²) in [6.45, 7) is 23.6. The van der Waals surface area contributed by atoms with Crippen LogP contribution >= 0.6 is 0 Å². The van der Waals surface area contributed by atoms with Gasteiger partial charge in [0.15, 0.2) is 5.79 Å². The molecule has 5 nitrogen and oxygen atoms in total. The van der Waals surface area contributed by atoms with Crippen molar-refractivity contribution in [2.75, 3.05) is 6.61 Å². The van der Waals surface area contributed by atoms with Gasteiger partial charge in [-0.25, -0.2) is 0 Å². The Bertz CT molecular complexity index is 1100. The Labute approximate surface area is 270 Å². The van der Waals surface area contributed by atoms with Gasteiger partial charge in [-0.1, -0.05) is 123 Å². The van der Waals surface area contributed by atoms with Gasteiger partial charge in [0.2, 0.25) is 8.32 Å². The van der Waals surface area contributed by atoms with Crippen molar-refractivity contribution >= 4 is 27.0 Å². The molecular weight excluding hydrogens is 581 g/mol. The minimum absolute atomic E-state index is 0.0123. The second kappa shape index (κ2) is 14.2. The van der Waals surface area contributed by atoms with Crippen molar-refractivity contribution in [1.82, 2.24) is 0 Å². The van der Waals surface area contributed by atoms with E-state index in [2.05, 4.69) is 123 Å². The largest absolute Gasteiger partial charge is 0.410 e. The highest BCUT2D eigenvalue weighted by atomic mass is 28.4. The zero-order chi connectivity index (χ0) is 32.3. The summed E-state index contributed by atoms with van der Waals surface area (Å²) < 4.78 is 28.0. The lowest BCUT2D eigenvalue weighted by Gasteiger charge is -2.46.